The van der Waals surface area contributed by atoms with Crippen molar-refractivity contribution in [2.45, 2.75) is 31.0 Å². The van der Waals surface area contributed by atoms with Crippen LogP contribution in [0, 0.1) is 5.82 Å². The first-order chi connectivity index (χ1) is 6.15. The molecule has 0 bridgehead atoms. The van der Waals surface area contributed by atoms with E-state index in [0.29, 0.717) is 10.7 Å². The highest BCUT2D eigenvalue weighted by molar-refractivity contribution is 9.09. The molecule has 13 heavy (non-hydrogen) atoms. The molecule has 0 fully saturated rings. The zero-order valence-corrected chi connectivity index (χ0v) is 9.51. The van der Waals surface area contributed by atoms with Crippen molar-refractivity contribution >= 4 is 15.9 Å². The Morgan fingerprint density at radius 2 is 1.85 bits per heavy atom. The number of benzene rings is 1. The first kappa shape index (κ1) is 10.7. The number of hydrogen-bond donors (Lipinski definition) is 0. The SMILES string of the molecule is CCC(c1ccc(F)cc1)C(C)Br. The van der Waals surface area contributed by atoms with Crippen LogP contribution in [0.15, 0.2) is 24.3 Å². The van der Waals surface area contributed by atoms with Crippen LogP contribution in [-0.2, 0) is 0 Å². The second-order valence-corrected chi connectivity index (χ2v) is 4.69. The van der Waals surface area contributed by atoms with Crippen LogP contribution < -0.4 is 0 Å². The van der Waals surface area contributed by atoms with Gasteiger partial charge in [0.15, 0.2) is 0 Å². The summed E-state index contributed by atoms with van der Waals surface area (Å²) in [6.45, 7) is 4.27. The van der Waals surface area contributed by atoms with Crippen LogP contribution in [0.5, 0.6) is 0 Å². The fourth-order valence-electron chi connectivity index (χ4n) is 1.54. The van der Waals surface area contributed by atoms with E-state index in [1.165, 1.54) is 17.7 Å². The molecule has 2 atom stereocenters. The monoisotopic (exact) mass is 244 g/mol. The quantitative estimate of drug-likeness (QED) is 0.703. The number of hydrogen-bond acceptors (Lipinski definition) is 0. The van der Waals surface area contributed by atoms with Gasteiger partial charge in [0.05, 0.1) is 0 Å². The van der Waals surface area contributed by atoms with Gasteiger partial charge in [0.25, 0.3) is 0 Å². The molecule has 72 valence electrons. The summed E-state index contributed by atoms with van der Waals surface area (Å²) in [5.74, 6) is 0.307. The standard InChI is InChI=1S/C11H14BrF/c1-3-11(8(2)12)9-4-6-10(13)7-5-9/h4-8,11H,3H2,1-2H3. The fraction of sp³-hybridized carbons (Fsp3) is 0.455. The number of rotatable bonds is 3. The van der Waals surface area contributed by atoms with Crippen LogP contribution in [0.4, 0.5) is 4.39 Å². The van der Waals surface area contributed by atoms with Crippen LogP contribution in [0.3, 0.4) is 0 Å². The highest BCUT2D eigenvalue weighted by Crippen LogP contribution is 2.27. The van der Waals surface area contributed by atoms with E-state index in [1.54, 1.807) is 0 Å². The minimum absolute atomic E-state index is 0.166. The molecule has 0 aromatic heterocycles. The molecule has 2 unspecified atom stereocenters. The summed E-state index contributed by atoms with van der Waals surface area (Å²) in [6, 6.07) is 6.77. The maximum atomic E-state index is 12.6. The molecule has 1 aromatic rings. The molecule has 0 amide bonds. The van der Waals surface area contributed by atoms with Gasteiger partial charge >= 0.3 is 0 Å². The Kier molecular flexibility index (Phi) is 3.91. The van der Waals surface area contributed by atoms with E-state index >= 15 is 0 Å². The molecule has 0 saturated heterocycles. The van der Waals surface area contributed by atoms with Gasteiger partial charge in [-0.1, -0.05) is 41.9 Å². The van der Waals surface area contributed by atoms with Crippen molar-refractivity contribution < 1.29 is 4.39 Å². The van der Waals surface area contributed by atoms with Crippen molar-refractivity contribution in [3.8, 4) is 0 Å². The molecule has 0 aliphatic heterocycles. The summed E-state index contributed by atoms with van der Waals surface area (Å²) in [4.78, 5) is 0.433. The topological polar surface area (TPSA) is 0 Å². The molecular formula is C11H14BrF. The Morgan fingerprint density at radius 3 is 2.23 bits per heavy atom. The summed E-state index contributed by atoms with van der Waals surface area (Å²) in [5.41, 5.74) is 1.20. The second-order valence-electron chi connectivity index (χ2n) is 3.24. The average Bonchev–Trinajstić information content (AvgIpc) is 2.09. The van der Waals surface area contributed by atoms with Crippen molar-refractivity contribution in [3.05, 3.63) is 35.6 Å². The third kappa shape index (κ3) is 2.80. The molecule has 1 aromatic carbocycles. The summed E-state index contributed by atoms with van der Waals surface area (Å²) in [7, 11) is 0. The van der Waals surface area contributed by atoms with E-state index in [4.69, 9.17) is 0 Å². The molecule has 0 radical (unpaired) electrons. The second kappa shape index (κ2) is 4.75. The van der Waals surface area contributed by atoms with Crippen LogP contribution in [0.25, 0.3) is 0 Å². The lowest BCUT2D eigenvalue weighted by molar-refractivity contribution is 0.620. The number of halogens is 2. The Hall–Kier alpha value is -0.370. The van der Waals surface area contributed by atoms with E-state index in [0.717, 1.165) is 6.42 Å². The van der Waals surface area contributed by atoms with Crippen LogP contribution >= 0.6 is 15.9 Å². The van der Waals surface area contributed by atoms with E-state index < -0.39 is 0 Å². The van der Waals surface area contributed by atoms with Crippen molar-refractivity contribution in [2.75, 3.05) is 0 Å². The normalized spacial score (nSPS) is 15.4. The largest absolute Gasteiger partial charge is 0.207 e. The fourth-order valence-corrected chi connectivity index (χ4v) is 2.21. The summed E-state index contributed by atoms with van der Waals surface area (Å²) < 4.78 is 12.6. The first-order valence-corrected chi connectivity index (χ1v) is 5.46. The zero-order chi connectivity index (χ0) is 9.84. The minimum Gasteiger partial charge on any atom is -0.207 e. The van der Waals surface area contributed by atoms with Crippen molar-refractivity contribution in [3.63, 3.8) is 0 Å². The van der Waals surface area contributed by atoms with Crippen molar-refractivity contribution in [2.24, 2.45) is 0 Å². The predicted molar refractivity (Wildman–Crippen MR) is 57.8 cm³/mol. The first-order valence-electron chi connectivity index (χ1n) is 4.54. The highest BCUT2D eigenvalue weighted by atomic mass is 79.9. The van der Waals surface area contributed by atoms with Gasteiger partial charge in [0, 0.05) is 4.83 Å². The third-order valence-electron chi connectivity index (χ3n) is 2.29. The van der Waals surface area contributed by atoms with Gasteiger partial charge in [0.1, 0.15) is 5.82 Å². The van der Waals surface area contributed by atoms with Gasteiger partial charge in [-0.2, -0.15) is 0 Å². The molecule has 0 spiro atoms. The lowest BCUT2D eigenvalue weighted by atomic mass is 9.94. The van der Waals surface area contributed by atoms with E-state index in [-0.39, 0.29) is 5.82 Å². The van der Waals surface area contributed by atoms with Crippen LogP contribution in [0.2, 0.25) is 0 Å². The zero-order valence-electron chi connectivity index (χ0n) is 7.93. The van der Waals surface area contributed by atoms with Gasteiger partial charge in [-0.3, -0.25) is 0 Å². The molecule has 0 aliphatic carbocycles. The third-order valence-corrected chi connectivity index (χ3v) is 2.93. The summed E-state index contributed by atoms with van der Waals surface area (Å²) in [6.07, 6.45) is 1.07. The summed E-state index contributed by atoms with van der Waals surface area (Å²) >= 11 is 3.56. The predicted octanol–water partition coefficient (Wildman–Crippen LogP) is 4.10. The smallest absolute Gasteiger partial charge is 0.123 e. The molecular weight excluding hydrogens is 231 g/mol. The number of alkyl halides is 1. The highest BCUT2D eigenvalue weighted by Gasteiger charge is 2.14. The minimum atomic E-state index is -0.166. The Bertz CT molecular complexity index is 253. The Morgan fingerprint density at radius 1 is 1.31 bits per heavy atom. The van der Waals surface area contributed by atoms with E-state index in [1.807, 2.05) is 12.1 Å². The Labute approximate surface area is 87.3 Å². The van der Waals surface area contributed by atoms with Crippen LogP contribution in [0.1, 0.15) is 31.7 Å². The van der Waals surface area contributed by atoms with Gasteiger partial charge in [-0.05, 0) is 30.0 Å². The van der Waals surface area contributed by atoms with Crippen molar-refractivity contribution in [1.82, 2.24) is 0 Å². The van der Waals surface area contributed by atoms with Gasteiger partial charge in [-0.25, -0.2) is 4.39 Å². The molecule has 0 aliphatic rings. The lowest BCUT2D eigenvalue weighted by Crippen LogP contribution is -2.07. The molecule has 0 nitrogen and oxygen atoms in total. The summed E-state index contributed by atoms with van der Waals surface area (Å²) in [5, 5.41) is 0. The van der Waals surface area contributed by atoms with Gasteiger partial charge in [-0.15, -0.1) is 0 Å². The molecule has 0 saturated carbocycles. The van der Waals surface area contributed by atoms with E-state index in [9.17, 15) is 4.39 Å². The lowest BCUT2D eigenvalue weighted by Gasteiger charge is -2.17. The molecule has 2 heteroatoms. The van der Waals surface area contributed by atoms with Crippen molar-refractivity contribution in [1.29, 1.82) is 0 Å². The maximum absolute atomic E-state index is 12.6. The van der Waals surface area contributed by atoms with Gasteiger partial charge < -0.3 is 0 Å². The average molecular weight is 245 g/mol. The van der Waals surface area contributed by atoms with E-state index in [2.05, 4.69) is 29.8 Å². The maximum Gasteiger partial charge on any atom is 0.123 e. The molecule has 1 rings (SSSR count). The molecule has 0 N–H and O–H groups in total. The molecule has 0 heterocycles. The van der Waals surface area contributed by atoms with Gasteiger partial charge in [0.2, 0.25) is 0 Å². The Balaban J connectivity index is 2.86. The van der Waals surface area contributed by atoms with Crippen LogP contribution in [-0.4, -0.2) is 4.83 Å².